The van der Waals surface area contributed by atoms with Crippen molar-refractivity contribution in [2.45, 2.75) is 34.6 Å². The number of H-pyrrole nitrogens is 2. The van der Waals surface area contributed by atoms with E-state index in [9.17, 15) is 0 Å². The molecule has 0 amide bonds. The van der Waals surface area contributed by atoms with Crippen LogP contribution in [-0.2, 0) is 39.0 Å². The predicted molar refractivity (Wildman–Crippen MR) is 139 cm³/mol. The van der Waals surface area contributed by atoms with Gasteiger partial charge in [0.15, 0.2) is 0 Å². The number of aromatic nitrogens is 2. The second-order valence-corrected chi connectivity index (χ2v) is 3.07. The average molecular weight is 601 g/mol. The normalized spacial score (nSPS) is 6.06. The summed E-state index contributed by atoms with van der Waals surface area (Å²) in [6, 6.07) is 7.42. The van der Waals surface area contributed by atoms with Crippen LogP contribution in [0.5, 0.6) is 0 Å². The van der Waals surface area contributed by atoms with Gasteiger partial charge in [-0.2, -0.15) is 69.6 Å². The molecular formula is C27H46N2Ru2. The Kier molecular flexibility index (Phi) is 207. The molecule has 2 N–H and O–H groups in total. The van der Waals surface area contributed by atoms with E-state index < -0.39 is 0 Å². The third-order valence-corrected chi connectivity index (χ3v) is 1.49. The first-order chi connectivity index (χ1) is 12.8. The minimum atomic E-state index is 0. The molecule has 0 saturated heterocycles. The summed E-state index contributed by atoms with van der Waals surface area (Å²) in [5, 5.41) is 0. The van der Waals surface area contributed by atoms with Crippen molar-refractivity contribution in [2.24, 2.45) is 0 Å². The van der Waals surface area contributed by atoms with E-state index in [1.807, 2.05) is 62.7 Å². The molecule has 0 atom stereocenters. The van der Waals surface area contributed by atoms with E-state index in [0.717, 1.165) is 0 Å². The molecule has 0 aliphatic rings. The van der Waals surface area contributed by atoms with Crippen molar-refractivity contribution < 1.29 is 39.0 Å². The molecule has 2 radical (unpaired) electrons. The summed E-state index contributed by atoms with van der Waals surface area (Å²) < 4.78 is 0. The standard InChI is InChI=1S/2C5H7.2C4H4N.3C2H5.3CH3.2Ru/c2*1-3-5-4-2;2*1-2-4-5-3-1;3*1-2;;;;;/h2*1,3-5H,2H3;2*1-3,5H;3*1H2,2H3;3*1H3;;/q10*-1;2*+5. The minimum absolute atomic E-state index is 0. The summed E-state index contributed by atoms with van der Waals surface area (Å²) >= 11 is 0. The van der Waals surface area contributed by atoms with Gasteiger partial charge in [0.1, 0.15) is 0 Å². The molecule has 0 aliphatic carbocycles. The molecule has 0 bridgehead atoms. The topological polar surface area (TPSA) is 31.6 Å². The van der Waals surface area contributed by atoms with Gasteiger partial charge in [0.25, 0.3) is 0 Å². The number of nitrogens with one attached hydrogen (secondary N) is 2. The molecule has 0 aromatic carbocycles. The molecule has 4 heteroatoms. The second kappa shape index (κ2) is 102. The van der Waals surface area contributed by atoms with E-state index in [1.54, 1.807) is 32.9 Å². The van der Waals surface area contributed by atoms with Crippen LogP contribution in [0.4, 0.5) is 0 Å². The molecule has 2 heterocycles. The summed E-state index contributed by atoms with van der Waals surface area (Å²) in [5.74, 6) is 0. The summed E-state index contributed by atoms with van der Waals surface area (Å²) in [7, 11) is 0. The largest absolute Gasteiger partial charge is 5.00 e. The molecule has 2 aromatic heterocycles. The Bertz CT molecular complexity index is 341. The van der Waals surface area contributed by atoms with Crippen LogP contribution in [0.3, 0.4) is 0 Å². The molecule has 180 valence electrons. The second-order valence-electron chi connectivity index (χ2n) is 3.07. The van der Waals surface area contributed by atoms with Gasteiger partial charge in [-0.15, -0.1) is 12.4 Å². The predicted octanol–water partition coefficient (Wildman–Crippen LogP) is 8.60. The summed E-state index contributed by atoms with van der Waals surface area (Å²) in [5.41, 5.74) is 0. The van der Waals surface area contributed by atoms with E-state index in [2.05, 4.69) is 43.1 Å². The summed E-state index contributed by atoms with van der Waals surface area (Å²) in [6.07, 6.45) is 19.4. The monoisotopic (exact) mass is 602 g/mol. The van der Waals surface area contributed by atoms with Gasteiger partial charge >= 0.3 is 39.0 Å². The molecular weight excluding hydrogens is 554 g/mol. The van der Waals surface area contributed by atoms with Crippen molar-refractivity contribution in [1.29, 1.82) is 0 Å². The fourth-order valence-corrected chi connectivity index (χ4v) is 0.703. The molecule has 31 heavy (non-hydrogen) atoms. The smallest absolute Gasteiger partial charge is 0.484 e. The Morgan fingerprint density at radius 1 is 0.645 bits per heavy atom. The van der Waals surface area contributed by atoms with Crippen LogP contribution >= 0.6 is 0 Å². The van der Waals surface area contributed by atoms with Crippen LogP contribution in [0, 0.1) is 68.6 Å². The van der Waals surface area contributed by atoms with Gasteiger partial charge < -0.3 is 53.0 Å². The van der Waals surface area contributed by atoms with Crippen molar-refractivity contribution in [3.63, 3.8) is 0 Å². The number of rotatable bonds is 2. The third kappa shape index (κ3) is 126. The van der Waals surface area contributed by atoms with Crippen LogP contribution in [0.25, 0.3) is 0 Å². The van der Waals surface area contributed by atoms with Crippen LogP contribution in [-0.4, -0.2) is 9.97 Å². The Balaban J connectivity index is -0.0000000209. The SMILES string of the molecule is [CH-]=CC=CC.[CH-]=CC=CC.[CH2-]C.[CH2-]C.[CH2-]C.[CH3-].[CH3-].[CH3-].[Ru+5].[Ru+5].[c-]1ccc[nH]1.[c-]1ccc[nH]1. The van der Waals surface area contributed by atoms with Gasteiger partial charge in [0.2, 0.25) is 0 Å². The van der Waals surface area contributed by atoms with Crippen LogP contribution in [0.1, 0.15) is 34.6 Å². The van der Waals surface area contributed by atoms with Gasteiger partial charge in [-0.3, -0.25) is 13.2 Å². The minimum Gasteiger partial charge on any atom is -0.484 e. The van der Waals surface area contributed by atoms with E-state index >= 15 is 0 Å². The number of hydrogen-bond acceptors (Lipinski definition) is 0. The Morgan fingerprint density at radius 3 is 0.935 bits per heavy atom. The van der Waals surface area contributed by atoms with Crippen molar-refractivity contribution in [2.75, 3.05) is 0 Å². The van der Waals surface area contributed by atoms with Crippen molar-refractivity contribution >= 4 is 0 Å². The van der Waals surface area contributed by atoms with Gasteiger partial charge in [-0.05, 0) is 0 Å². The molecule has 0 saturated carbocycles. The van der Waals surface area contributed by atoms with Gasteiger partial charge in [-0.25, -0.2) is 24.3 Å². The quantitative estimate of drug-likeness (QED) is 0.197. The Morgan fingerprint density at radius 2 is 0.903 bits per heavy atom. The maximum absolute atomic E-state index is 4.93. The Labute approximate surface area is 224 Å². The van der Waals surface area contributed by atoms with Gasteiger partial charge in [0.05, 0.1) is 0 Å². The van der Waals surface area contributed by atoms with E-state index in [1.165, 1.54) is 12.2 Å². The van der Waals surface area contributed by atoms with E-state index in [-0.39, 0.29) is 61.2 Å². The average Bonchev–Trinajstić information content (AvgIpc) is 3.47. The first-order valence-corrected chi connectivity index (χ1v) is 8.26. The van der Waals surface area contributed by atoms with Crippen molar-refractivity contribution in [1.82, 2.24) is 9.97 Å². The third-order valence-electron chi connectivity index (χ3n) is 1.49. The van der Waals surface area contributed by atoms with Crippen LogP contribution in [0.2, 0.25) is 0 Å². The van der Waals surface area contributed by atoms with Crippen molar-refractivity contribution in [3.05, 3.63) is 142 Å². The fraction of sp³-hybridized carbons (Fsp3) is 0.185. The molecule has 2 aromatic rings. The maximum Gasteiger partial charge on any atom is 5.00 e. The molecule has 0 aliphatic heterocycles. The summed E-state index contributed by atoms with van der Waals surface area (Å²) in [6.45, 7) is 28.7. The maximum atomic E-state index is 4.93. The molecule has 0 spiro atoms. The van der Waals surface area contributed by atoms with Crippen molar-refractivity contribution in [3.8, 4) is 0 Å². The first-order valence-electron chi connectivity index (χ1n) is 8.26. The zero-order valence-corrected chi connectivity index (χ0v) is 24.4. The van der Waals surface area contributed by atoms with Gasteiger partial charge in [-0.1, -0.05) is 13.8 Å². The molecule has 2 rings (SSSR count). The molecule has 2 nitrogen and oxygen atoms in total. The van der Waals surface area contributed by atoms with Crippen LogP contribution in [0.15, 0.2) is 73.1 Å². The van der Waals surface area contributed by atoms with E-state index in [4.69, 9.17) is 13.2 Å². The van der Waals surface area contributed by atoms with Gasteiger partial charge in [0, 0.05) is 0 Å². The van der Waals surface area contributed by atoms with Crippen LogP contribution < -0.4 is 0 Å². The zero-order chi connectivity index (χ0) is 21.3. The fourth-order valence-electron chi connectivity index (χ4n) is 0.703. The first kappa shape index (κ1) is 63.0. The number of hydrogen-bond donors (Lipinski definition) is 2. The summed E-state index contributed by atoms with van der Waals surface area (Å²) in [4.78, 5) is 5.47. The molecule has 0 unspecified atom stereocenters. The number of allylic oxidation sites excluding steroid dienone is 6. The zero-order valence-electron chi connectivity index (χ0n) is 20.9. The molecule has 0 fully saturated rings. The van der Waals surface area contributed by atoms with E-state index in [0.29, 0.717) is 0 Å². The number of aromatic amines is 2. The Hall–Kier alpha value is -1.23.